The fraction of sp³-hybridized carbons (Fsp3) is 0.714. The molecule has 0 unspecified atom stereocenters. The quantitative estimate of drug-likeness (QED) is 0.801. The summed E-state index contributed by atoms with van der Waals surface area (Å²) in [6.45, 7) is 6.38. The first-order valence-electron chi connectivity index (χ1n) is 7.26. The van der Waals surface area contributed by atoms with Gasteiger partial charge in [-0.15, -0.1) is 0 Å². The van der Waals surface area contributed by atoms with Crippen molar-refractivity contribution in [1.29, 1.82) is 0 Å². The summed E-state index contributed by atoms with van der Waals surface area (Å²) in [6, 6.07) is 0. The Hall–Kier alpha value is -1.60. The van der Waals surface area contributed by atoms with Crippen LogP contribution in [-0.2, 0) is 18.4 Å². The van der Waals surface area contributed by atoms with E-state index in [0.29, 0.717) is 13.1 Å². The van der Waals surface area contributed by atoms with Crippen molar-refractivity contribution in [3.63, 3.8) is 0 Å². The Morgan fingerprint density at radius 1 is 1.43 bits per heavy atom. The van der Waals surface area contributed by atoms with Gasteiger partial charge in [0.25, 0.3) is 0 Å². The summed E-state index contributed by atoms with van der Waals surface area (Å²) < 4.78 is 7.12. The summed E-state index contributed by atoms with van der Waals surface area (Å²) >= 11 is 0. The number of ether oxygens (including phenoxy) is 1. The number of nitrogens with zero attached hydrogens (tertiary/aromatic N) is 4. The molecule has 0 saturated carbocycles. The van der Waals surface area contributed by atoms with Crippen LogP contribution in [0.1, 0.15) is 11.3 Å². The second kappa shape index (κ2) is 6.91. The minimum absolute atomic E-state index is 0.180. The van der Waals surface area contributed by atoms with E-state index in [1.807, 2.05) is 30.8 Å². The summed E-state index contributed by atoms with van der Waals surface area (Å²) in [5.74, 6) is 0.938. The Morgan fingerprint density at radius 3 is 2.71 bits per heavy atom. The summed E-state index contributed by atoms with van der Waals surface area (Å²) in [7, 11) is 5.46. The second-order valence-corrected chi connectivity index (χ2v) is 5.50. The first-order chi connectivity index (χ1) is 10.0. The number of rotatable bonds is 5. The van der Waals surface area contributed by atoms with Gasteiger partial charge in [0.2, 0.25) is 11.8 Å². The molecule has 1 aliphatic rings. The van der Waals surface area contributed by atoms with Crippen molar-refractivity contribution in [3.8, 4) is 5.88 Å². The molecule has 1 saturated heterocycles. The highest BCUT2D eigenvalue weighted by atomic mass is 16.5. The Bertz CT molecular complexity index is 494. The maximum Gasteiger partial charge on any atom is 0.236 e. The number of hydrogen-bond acceptors (Lipinski definition) is 5. The Labute approximate surface area is 125 Å². The summed E-state index contributed by atoms with van der Waals surface area (Å²) in [5, 5.41) is 7.62. The van der Waals surface area contributed by atoms with Crippen LogP contribution in [0.5, 0.6) is 5.88 Å². The molecule has 0 bridgehead atoms. The lowest BCUT2D eigenvalue weighted by molar-refractivity contribution is -0.132. The third-order valence-corrected chi connectivity index (χ3v) is 3.79. The van der Waals surface area contributed by atoms with E-state index in [-0.39, 0.29) is 5.91 Å². The fourth-order valence-corrected chi connectivity index (χ4v) is 2.69. The van der Waals surface area contributed by atoms with Gasteiger partial charge in [-0.2, -0.15) is 5.10 Å². The lowest BCUT2D eigenvalue weighted by Gasteiger charge is -2.29. The van der Waals surface area contributed by atoms with E-state index in [9.17, 15) is 4.79 Å². The van der Waals surface area contributed by atoms with Crippen LogP contribution < -0.4 is 10.1 Å². The number of carbonyl (C=O) groups excluding carboxylic acids is 1. The average molecular weight is 295 g/mol. The molecule has 1 N–H and O–H groups in total. The molecule has 0 aliphatic carbocycles. The molecule has 2 heterocycles. The molecule has 21 heavy (non-hydrogen) atoms. The minimum Gasteiger partial charge on any atom is -0.481 e. The van der Waals surface area contributed by atoms with Gasteiger partial charge in [0.05, 0.1) is 24.9 Å². The molecular weight excluding hydrogens is 270 g/mol. The number of aromatic nitrogens is 2. The van der Waals surface area contributed by atoms with Gasteiger partial charge in [0.1, 0.15) is 0 Å². The molecule has 1 aromatic rings. The normalized spacial score (nSPS) is 15.6. The number of aryl methyl sites for hydroxylation is 2. The summed E-state index contributed by atoms with van der Waals surface area (Å²) in [4.78, 5) is 16.2. The summed E-state index contributed by atoms with van der Waals surface area (Å²) in [5.41, 5.74) is 1.98. The molecular formula is C14H25N5O2. The number of piperazine rings is 1. The van der Waals surface area contributed by atoms with Gasteiger partial charge < -0.3 is 15.0 Å². The molecule has 0 spiro atoms. The van der Waals surface area contributed by atoms with Crippen molar-refractivity contribution in [1.82, 2.24) is 24.9 Å². The number of amides is 1. The lowest BCUT2D eigenvalue weighted by Crippen LogP contribution is -2.49. The number of likely N-dealkylation sites (N-methyl/N-ethyl adjacent to an activating group) is 1. The standard InChI is InChI=1S/C14H25N5O2/c1-11-12(14(21-4)18(3)16-11)9-17(2)10-13(20)19-7-5-15-6-8-19/h15H,5-10H2,1-4H3. The molecule has 0 radical (unpaired) electrons. The van der Waals surface area contributed by atoms with Gasteiger partial charge in [-0.25, -0.2) is 4.68 Å². The highest BCUT2D eigenvalue weighted by Gasteiger charge is 2.20. The van der Waals surface area contributed by atoms with E-state index in [1.54, 1.807) is 11.8 Å². The van der Waals surface area contributed by atoms with Crippen LogP contribution in [0.2, 0.25) is 0 Å². The topological polar surface area (TPSA) is 62.6 Å². The SMILES string of the molecule is COc1c(CN(C)CC(=O)N2CCNCC2)c(C)nn1C. The third kappa shape index (κ3) is 3.74. The number of methoxy groups -OCH3 is 1. The molecule has 118 valence electrons. The van der Waals surface area contributed by atoms with E-state index in [2.05, 4.69) is 10.4 Å². The monoisotopic (exact) mass is 295 g/mol. The Balaban J connectivity index is 1.95. The third-order valence-electron chi connectivity index (χ3n) is 3.79. The van der Waals surface area contributed by atoms with E-state index >= 15 is 0 Å². The average Bonchev–Trinajstić information content (AvgIpc) is 2.73. The first-order valence-corrected chi connectivity index (χ1v) is 7.26. The van der Waals surface area contributed by atoms with Crippen molar-refractivity contribution < 1.29 is 9.53 Å². The van der Waals surface area contributed by atoms with Crippen molar-refractivity contribution in [2.45, 2.75) is 13.5 Å². The number of nitrogens with one attached hydrogen (secondary N) is 1. The van der Waals surface area contributed by atoms with Crippen LogP contribution in [0.3, 0.4) is 0 Å². The van der Waals surface area contributed by atoms with Gasteiger partial charge >= 0.3 is 0 Å². The molecule has 2 rings (SSSR count). The molecule has 1 aliphatic heterocycles. The fourth-order valence-electron chi connectivity index (χ4n) is 2.69. The maximum atomic E-state index is 12.2. The molecule has 1 fully saturated rings. The highest BCUT2D eigenvalue weighted by molar-refractivity contribution is 5.78. The second-order valence-electron chi connectivity index (χ2n) is 5.50. The Kier molecular flexibility index (Phi) is 5.19. The largest absolute Gasteiger partial charge is 0.481 e. The van der Waals surface area contributed by atoms with Gasteiger partial charge in [-0.1, -0.05) is 0 Å². The zero-order chi connectivity index (χ0) is 15.4. The van der Waals surface area contributed by atoms with Gasteiger partial charge in [0.15, 0.2) is 0 Å². The zero-order valence-corrected chi connectivity index (χ0v) is 13.3. The van der Waals surface area contributed by atoms with Crippen LogP contribution in [0.15, 0.2) is 0 Å². The minimum atomic E-state index is 0.180. The zero-order valence-electron chi connectivity index (χ0n) is 13.3. The van der Waals surface area contributed by atoms with Crippen LogP contribution in [-0.4, -0.2) is 72.4 Å². The molecule has 0 aromatic carbocycles. The molecule has 1 aromatic heterocycles. The van der Waals surface area contributed by atoms with E-state index in [4.69, 9.17) is 4.74 Å². The van der Waals surface area contributed by atoms with Crippen molar-refractivity contribution in [2.24, 2.45) is 7.05 Å². The predicted molar refractivity (Wildman–Crippen MR) is 80.3 cm³/mol. The lowest BCUT2D eigenvalue weighted by atomic mass is 10.2. The molecule has 1 amide bonds. The number of carbonyl (C=O) groups is 1. The summed E-state index contributed by atoms with van der Waals surface area (Å²) in [6.07, 6.45) is 0. The van der Waals surface area contributed by atoms with E-state index in [1.165, 1.54) is 0 Å². The van der Waals surface area contributed by atoms with Crippen molar-refractivity contribution >= 4 is 5.91 Å². The van der Waals surface area contributed by atoms with Crippen LogP contribution in [0.25, 0.3) is 0 Å². The molecule has 7 heteroatoms. The molecule has 0 atom stereocenters. The smallest absolute Gasteiger partial charge is 0.236 e. The van der Waals surface area contributed by atoms with Crippen LogP contribution in [0.4, 0.5) is 0 Å². The first kappa shape index (κ1) is 15.8. The predicted octanol–water partition coefficient (Wildman–Crippen LogP) is -0.399. The Morgan fingerprint density at radius 2 is 2.10 bits per heavy atom. The van der Waals surface area contributed by atoms with E-state index < -0.39 is 0 Å². The van der Waals surface area contributed by atoms with Gasteiger partial charge in [-0.3, -0.25) is 9.69 Å². The van der Waals surface area contributed by atoms with Gasteiger partial charge in [0, 0.05) is 39.8 Å². The van der Waals surface area contributed by atoms with Crippen LogP contribution in [0, 0.1) is 6.92 Å². The van der Waals surface area contributed by atoms with Gasteiger partial charge in [-0.05, 0) is 14.0 Å². The van der Waals surface area contributed by atoms with Crippen LogP contribution >= 0.6 is 0 Å². The maximum absolute atomic E-state index is 12.2. The number of hydrogen-bond donors (Lipinski definition) is 1. The van der Waals surface area contributed by atoms with Crippen molar-refractivity contribution in [3.05, 3.63) is 11.3 Å². The van der Waals surface area contributed by atoms with Crippen molar-refractivity contribution in [2.75, 3.05) is 46.9 Å². The highest BCUT2D eigenvalue weighted by Crippen LogP contribution is 2.22. The van der Waals surface area contributed by atoms with E-state index in [0.717, 1.165) is 43.3 Å². The molecule has 7 nitrogen and oxygen atoms in total.